The van der Waals surface area contributed by atoms with Gasteiger partial charge in [0.15, 0.2) is 0 Å². The lowest BCUT2D eigenvalue weighted by molar-refractivity contribution is -0.114. The molecule has 0 fully saturated rings. The number of nitrogens with two attached hydrogens (primary N) is 1. The molecule has 0 saturated carbocycles. The van der Waals surface area contributed by atoms with Crippen LogP contribution in [0.3, 0.4) is 0 Å². The number of allylic oxidation sites excluding steroid dienone is 1. The molecule has 112 valence electrons. The number of nitrogens with zero attached hydrogens (tertiary/aromatic N) is 4. The predicted molar refractivity (Wildman–Crippen MR) is 84.7 cm³/mol. The van der Waals surface area contributed by atoms with Crippen LogP contribution in [0.15, 0.2) is 60.5 Å². The number of benzene rings is 1. The SMILES string of the molecule is C=C1C=C(C(=O)N(C)c2ccc(C#N)cc2)C=CN1N(C)N. The van der Waals surface area contributed by atoms with Gasteiger partial charge in [0.1, 0.15) is 0 Å². The van der Waals surface area contributed by atoms with Crippen LogP contribution in [0.4, 0.5) is 5.69 Å². The Balaban J connectivity index is 2.18. The molecule has 1 aromatic carbocycles. The molecule has 6 nitrogen and oxygen atoms in total. The molecule has 1 aliphatic rings. The van der Waals surface area contributed by atoms with Crippen LogP contribution in [0.1, 0.15) is 5.56 Å². The first-order valence-corrected chi connectivity index (χ1v) is 6.58. The summed E-state index contributed by atoms with van der Waals surface area (Å²) in [6.07, 6.45) is 5.04. The molecule has 0 spiro atoms. The molecule has 1 heterocycles. The highest BCUT2D eigenvalue weighted by Crippen LogP contribution is 2.20. The average Bonchev–Trinajstić information content (AvgIpc) is 2.53. The fraction of sp³-hybridized carbons (Fsp3) is 0.125. The van der Waals surface area contributed by atoms with Gasteiger partial charge in [0.05, 0.1) is 17.3 Å². The Labute approximate surface area is 129 Å². The Morgan fingerprint density at radius 3 is 2.45 bits per heavy atom. The second-order valence-corrected chi connectivity index (χ2v) is 4.85. The average molecular weight is 295 g/mol. The zero-order chi connectivity index (χ0) is 16.3. The smallest absolute Gasteiger partial charge is 0.258 e. The number of hydrazine groups is 2. The Kier molecular flexibility index (Phi) is 4.41. The number of rotatable bonds is 3. The van der Waals surface area contributed by atoms with E-state index in [-0.39, 0.29) is 5.91 Å². The van der Waals surface area contributed by atoms with Crippen molar-refractivity contribution in [3.8, 4) is 6.07 Å². The first kappa shape index (κ1) is 15.5. The van der Waals surface area contributed by atoms with Crippen LogP contribution in [0.2, 0.25) is 0 Å². The third kappa shape index (κ3) is 3.06. The van der Waals surface area contributed by atoms with Crippen molar-refractivity contribution in [1.82, 2.24) is 10.1 Å². The monoisotopic (exact) mass is 295 g/mol. The Morgan fingerprint density at radius 1 is 1.32 bits per heavy atom. The summed E-state index contributed by atoms with van der Waals surface area (Å²) in [4.78, 5) is 14.0. The molecule has 1 amide bonds. The zero-order valence-electron chi connectivity index (χ0n) is 12.5. The fourth-order valence-electron chi connectivity index (χ4n) is 2.05. The maximum absolute atomic E-state index is 12.5. The Morgan fingerprint density at radius 2 is 1.95 bits per heavy atom. The van der Waals surface area contributed by atoms with Crippen LogP contribution in [-0.2, 0) is 4.79 Å². The molecule has 2 rings (SSSR count). The lowest BCUT2D eigenvalue weighted by atomic mass is 10.1. The highest BCUT2D eigenvalue weighted by Gasteiger charge is 2.19. The number of carbonyl (C=O) groups excluding carboxylic acids is 1. The predicted octanol–water partition coefficient (Wildman–Crippen LogP) is 1.51. The van der Waals surface area contributed by atoms with Crippen LogP contribution < -0.4 is 10.7 Å². The summed E-state index contributed by atoms with van der Waals surface area (Å²) in [6.45, 7) is 3.87. The van der Waals surface area contributed by atoms with Gasteiger partial charge in [0.2, 0.25) is 0 Å². The van der Waals surface area contributed by atoms with E-state index < -0.39 is 0 Å². The lowest BCUT2D eigenvalue weighted by Gasteiger charge is -2.30. The second kappa shape index (κ2) is 6.26. The molecule has 0 unspecified atom stereocenters. The summed E-state index contributed by atoms with van der Waals surface area (Å²) in [5, 5.41) is 11.8. The lowest BCUT2D eigenvalue weighted by Crippen LogP contribution is -2.41. The molecular formula is C16H17N5O. The molecule has 0 bridgehead atoms. The maximum Gasteiger partial charge on any atom is 0.258 e. The first-order chi connectivity index (χ1) is 10.4. The van der Waals surface area contributed by atoms with Gasteiger partial charge in [0, 0.05) is 31.6 Å². The Hall–Kier alpha value is -2.88. The van der Waals surface area contributed by atoms with Gasteiger partial charge in [-0.15, -0.1) is 0 Å². The van der Waals surface area contributed by atoms with Crippen LogP contribution in [0.25, 0.3) is 0 Å². The molecular weight excluding hydrogens is 278 g/mol. The molecule has 0 radical (unpaired) electrons. The Bertz CT molecular complexity index is 694. The van der Waals surface area contributed by atoms with E-state index in [1.807, 2.05) is 6.07 Å². The standard InChI is InChI=1S/C16H17N5O/c1-12-10-14(8-9-21(12)20(3)18)16(22)19(2)15-6-4-13(11-17)5-7-15/h4-10H,1,18H2,2-3H3. The van der Waals surface area contributed by atoms with Crippen molar-refractivity contribution >= 4 is 11.6 Å². The van der Waals surface area contributed by atoms with E-state index in [1.165, 1.54) is 10.0 Å². The van der Waals surface area contributed by atoms with E-state index in [4.69, 9.17) is 11.1 Å². The van der Waals surface area contributed by atoms with Crippen molar-refractivity contribution in [2.75, 3.05) is 19.0 Å². The van der Waals surface area contributed by atoms with E-state index in [1.54, 1.807) is 61.7 Å². The highest BCUT2D eigenvalue weighted by atomic mass is 16.2. The van der Waals surface area contributed by atoms with Crippen molar-refractivity contribution in [1.29, 1.82) is 5.26 Å². The second-order valence-electron chi connectivity index (χ2n) is 4.85. The maximum atomic E-state index is 12.5. The molecule has 6 heteroatoms. The van der Waals surface area contributed by atoms with Crippen molar-refractivity contribution in [2.45, 2.75) is 0 Å². The summed E-state index contributed by atoms with van der Waals surface area (Å²) in [5.41, 5.74) is 2.37. The first-order valence-electron chi connectivity index (χ1n) is 6.58. The van der Waals surface area contributed by atoms with Gasteiger partial charge >= 0.3 is 0 Å². The van der Waals surface area contributed by atoms with Gasteiger partial charge in [0.25, 0.3) is 5.91 Å². The molecule has 0 atom stereocenters. The van der Waals surface area contributed by atoms with Gasteiger partial charge in [-0.1, -0.05) is 6.58 Å². The van der Waals surface area contributed by atoms with E-state index >= 15 is 0 Å². The van der Waals surface area contributed by atoms with Crippen LogP contribution in [0.5, 0.6) is 0 Å². The fourth-order valence-corrected chi connectivity index (χ4v) is 2.05. The van der Waals surface area contributed by atoms with Crippen molar-refractivity contribution in [3.63, 3.8) is 0 Å². The van der Waals surface area contributed by atoms with E-state index in [2.05, 4.69) is 6.58 Å². The third-order valence-corrected chi connectivity index (χ3v) is 3.29. The summed E-state index contributed by atoms with van der Waals surface area (Å²) >= 11 is 0. The van der Waals surface area contributed by atoms with E-state index in [0.29, 0.717) is 22.5 Å². The molecule has 0 aliphatic carbocycles. The molecule has 1 aliphatic heterocycles. The summed E-state index contributed by atoms with van der Waals surface area (Å²) < 4.78 is 0. The minimum Gasteiger partial charge on any atom is -0.311 e. The number of likely N-dealkylation sites (N-methyl/N-ethyl adjacent to an activating group) is 1. The highest BCUT2D eigenvalue weighted by molar-refractivity contribution is 6.07. The minimum absolute atomic E-state index is 0.165. The summed E-state index contributed by atoms with van der Waals surface area (Å²) in [6, 6.07) is 8.87. The van der Waals surface area contributed by atoms with Gasteiger partial charge in [-0.3, -0.25) is 15.6 Å². The van der Waals surface area contributed by atoms with Crippen molar-refractivity contribution in [2.24, 2.45) is 5.84 Å². The minimum atomic E-state index is -0.165. The largest absolute Gasteiger partial charge is 0.311 e. The molecule has 2 N–H and O–H groups in total. The summed E-state index contributed by atoms with van der Waals surface area (Å²) in [7, 11) is 3.36. The van der Waals surface area contributed by atoms with E-state index in [9.17, 15) is 4.79 Å². The molecule has 22 heavy (non-hydrogen) atoms. The molecule has 0 aromatic heterocycles. The number of hydrogen-bond donors (Lipinski definition) is 1. The van der Waals surface area contributed by atoms with Gasteiger partial charge in [-0.05, 0) is 36.4 Å². The molecule has 1 aromatic rings. The quantitative estimate of drug-likeness (QED) is 0.675. The van der Waals surface area contributed by atoms with Crippen molar-refractivity contribution < 1.29 is 4.79 Å². The summed E-state index contributed by atoms with van der Waals surface area (Å²) in [5.74, 6) is 5.49. The molecule has 0 saturated heterocycles. The number of amides is 1. The number of hydrogen-bond acceptors (Lipinski definition) is 5. The number of anilines is 1. The number of carbonyl (C=O) groups is 1. The normalized spacial score (nSPS) is 13.9. The van der Waals surface area contributed by atoms with Gasteiger partial charge in [-0.25, -0.2) is 0 Å². The van der Waals surface area contributed by atoms with Crippen LogP contribution in [-0.4, -0.2) is 30.1 Å². The topological polar surface area (TPSA) is 76.6 Å². The van der Waals surface area contributed by atoms with Crippen molar-refractivity contribution in [3.05, 3.63) is 66.0 Å². The third-order valence-electron chi connectivity index (χ3n) is 3.29. The van der Waals surface area contributed by atoms with Gasteiger partial charge < -0.3 is 4.90 Å². The van der Waals surface area contributed by atoms with Gasteiger partial charge in [-0.2, -0.15) is 10.4 Å². The van der Waals surface area contributed by atoms with E-state index in [0.717, 1.165) is 0 Å². The van der Waals surface area contributed by atoms with Crippen LogP contribution >= 0.6 is 0 Å². The number of nitriles is 1. The zero-order valence-corrected chi connectivity index (χ0v) is 12.5. The van der Waals surface area contributed by atoms with Crippen LogP contribution in [0, 0.1) is 11.3 Å².